The molecule has 1 N–H and O–H groups in total. The monoisotopic (exact) mass is 687 g/mol. The summed E-state index contributed by atoms with van der Waals surface area (Å²) in [6.45, 7) is 4.60. The number of hydrogen-bond acceptors (Lipinski definition) is 6. The van der Waals surface area contributed by atoms with E-state index in [1.165, 1.54) is 110 Å². The van der Waals surface area contributed by atoms with E-state index in [0.29, 0.717) is 17.6 Å². The maximum absolute atomic E-state index is 12.1. The van der Waals surface area contributed by atoms with Gasteiger partial charge in [0, 0.05) is 13.5 Å². The van der Waals surface area contributed by atoms with Gasteiger partial charge >= 0.3 is 13.8 Å². The molecule has 0 aliphatic carbocycles. The molecular formula is C38H73NO7P+. The second-order valence-corrected chi connectivity index (χ2v) is 15.1. The Bertz CT molecular complexity index is 853. The van der Waals surface area contributed by atoms with E-state index >= 15 is 0 Å². The van der Waals surface area contributed by atoms with E-state index in [9.17, 15) is 14.3 Å². The van der Waals surface area contributed by atoms with Crippen molar-refractivity contribution in [1.29, 1.82) is 0 Å². The molecule has 0 aliphatic heterocycles. The number of ether oxygens (including phenoxy) is 2. The van der Waals surface area contributed by atoms with Crippen LogP contribution in [0.1, 0.15) is 142 Å². The molecule has 0 amide bonds. The van der Waals surface area contributed by atoms with Crippen LogP contribution < -0.4 is 0 Å². The average Bonchev–Trinajstić information content (AvgIpc) is 3.00. The van der Waals surface area contributed by atoms with Gasteiger partial charge in [0.15, 0.2) is 0 Å². The predicted octanol–water partition coefficient (Wildman–Crippen LogP) is 10.3. The third-order valence-electron chi connectivity index (χ3n) is 7.75. The SMILES string of the molecule is CCCCCCC/C=C\C/C=C\C/C=C\CCCCCCCCCCCCCOCC(COP(=O)(O)OCC[N+](C)(C)C)OC(C)=O. The third-order valence-corrected chi connectivity index (χ3v) is 8.74. The molecule has 0 aliphatic rings. The lowest BCUT2D eigenvalue weighted by Crippen LogP contribution is -2.37. The topological polar surface area (TPSA) is 91.3 Å². The number of esters is 1. The lowest BCUT2D eigenvalue weighted by Gasteiger charge is -2.24. The maximum atomic E-state index is 12.1. The van der Waals surface area contributed by atoms with Crippen molar-refractivity contribution < 1.29 is 37.3 Å². The first-order chi connectivity index (χ1) is 22.6. The fourth-order valence-corrected chi connectivity index (χ4v) is 5.65. The lowest BCUT2D eigenvalue weighted by atomic mass is 10.1. The normalized spacial score (nSPS) is 14.4. The zero-order valence-electron chi connectivity index (χ0n) is 31.0. The van der Waals surface area contributed by atoms with Gasteiger partial charge in [-0.05, 0) is 44.9 Å². The molecule has 0 aromatic rings. The summed E-state index contributed by atoms with van der Waals surface area (Å²) in [6.07, 6.45) is 38.1. The maximum Gasteiger partial charge on any atom is 0.472 e. The zero-order valence-corrected chi connectivity index (χ0v) is 31.9. The van der Waals surface area contributed by atoms with Crippen molar-refractivity contribution in [2.75, 3.05) is 54.1 Å². The highest BCUT2D eigenvalue weighted by Crippen LogP contribution is 2.43. The molecule has 47 heavy (non-hydrogen) atoms. The number of nitrogens with zero attached hydrogens (tertiary/aromatic N) is 1. The molecule has 9 heteroatoms. The van der Waals surface area contributed by atoms with Crippen molar-refractivity contribution in [2.24, 2.45) is 0 Å². The van der Waals surface area contributed by atoms with Crippen LogP contribution in [-0.4, -0.2) is 75.6 Å². The van der Waals surface area contributed by atoms with Crippen LogP contribution in [0.2, 0.25) is 0 Å². The first-order valence-corrected chi connectivity index (χ1v) is 20.2. The average molecular weight is 687 g/mol. The Hall–Kier alpha value is -1.28. The number of hydrogen-bond donors (Lipinski definition) is 1. The van der Waals surface area contributed by atoms with Crippen molar-refractivity contribution in [3.63, 3.8) is 0 Å². The smallest absolute Gasteiger partial charge is 0.458 e. The summed E-state index contributed by atoms with van der Waals surface area (Å²) in [6, 6.07) is 0. The Morgan fingerprint density at radius 2 is 1.13 bits per heavy atom. The number of carbonyl (C=O) groups is 1. The van der Waals surface area contributed by atoms with Gasteiger partial charge in [-0.3, -0.25) is 13.8 Å². The Balaban J connectivity index is 3.61. The van der Waals surface area contributed by atoms with Crippen molar-refractivity contribution in [3.05, 3.63) is 36.5 Å². The number of rotatable bonds is 34. The third kappa shape index (κ3) is 37.4. The molecule has 0 aromatic carbocycles. The Kier molecular flexibility index (Phi) is 31.1. The summed E-state index contributed by atoms with van der Waals surface area (Å²) in [5, 5.41) is 0. The van der Waals surface area contributed by atoms with Crippen LogP contribution in [0, 0.1) is 0 Å². The van der Waals surface area contributed by atoms with Crippen LogP contribution in [-0.2, 0) is 27.9 Å². The Morgan fingerprint density at radius 3 is 1.62 bits per heavy atom. The van der Waals surface area contributed by atoms with E-state index < -0.39 is 19.9 Å². The van der Waals surface area contributed by atoms with E-state index in [4.69, 9.17) is 18.5 Å². The van der Waals surface area contributed by atoms with Crippen LogP contribution in [0.15, 0.2) is 36.5 Å². The van der Waals surface area contributed by atoms with Crippen molar-refractivity contribution in [1.82, 2.24) is 0 Å². The molecule has 0 heterocycles. The van der Waals surface area contributed by atoms with Gasteiger partial charge in [0.25, 0.3) is 0 Å². The predicted molar refractivity (Wildman–Crippen MR) is 196 cm³/mol. The fourth-order valence-electron chi connectivity index (χ4n) is 4.91. The molecule has 0 fully saturated rings. The molecule has 8 nitrogen and oxygen atoms in total. The number of allylic oxidation sites excluding steroid dienone is 6. The van der Waals surface area contributed by atoms with Crippen LogP contribution in [0.3, 0.4) is 0 Å². The van der Waals surface area contributed by atoms with Crippen LogP contribution >= 0.6 is 7.82 Å². The summed E-state index contributed by atoms with van der Waals surface area (Å²) in [5.41, 5.74) is 0. The minimum absolute atomic E-state index is 0.0842. The highest BCUT2D eigenvalue weighted by atomic mass is 31.2. The van der Waals surface area contributed by atoms with E-state index in [0.717, 1.165) is 25.7 Å². The van der Waals surface area contributed by atoms with Gasteiger partial charge in [0.05, 0.1) is 34.4 Å². The van der Waals surface area contributed by atoms with Gasteiger partial charge in [-0.2, -0.15) is 0 Å². The summed E-state index contributed by atoms with van der Waals surface area (Å²) < 4.78 is 33.6. The first-order valence-electron chi connectivity index (χ1n) is 18.7. The van der Waals surface area contributed by atoms with Gasteiger partial charge in [-0.1, -0.05) is 127 Å². The largest absolute Gasteiger partial charge is 0.472 e. The number of phosphoric ester groups is 1. The van der Waals surface area contributed by atoms with E-state index in [2.05, 4.69) is 43.4 Å². The molecular weight excluding hydrogens is 613 g/mol. The quantitative estimate of drug-likeness (QED) is 0.0237. The molecule has 0 bridgehead atoms. The van der Waals surface area contributed by atoms with E-state index in [1.54, 1.807) is 0 Å². The molecule has 0 saturated heterocycles. The zero-order chi connectivity index (χ0) is 34.9. The summed E-state index contributed by atoms with van der Waals surface area (Å²) in [7, 11) is 1.65. The van der Waals surface area contributed by atoms with Crippen LogP contribution in [0.25, 0.3) is 0 Å². The van der Waals surface area contributed by atoms with Crippen LogP contribution in [0.5, 0.6) is 0 Å². The molecule has 0 radical (unpaired) electrons. The summed E-state index contributed by atoms with van der Waals surface area (Å²) >= 11 is 0. The van der Waals surface area contributed by atoms with Gasteiger partial charge in [0.2, 0.25) is 0 Å². The standard InChI is InChI=1S/C38H72NO7P/c1-6-7-8-9-10-11-12-13-14-15-16-17-18-19-20-21-22-23-24-25-26-27-28-29-30-31-33-43-35-38(46-37(2)40)36-45-47(41,42)44-34-32-39(3,4)5/h12-13,15-16,18-19,38H,6-11,14,17,20-36H2,1-5H3/p+1/b13-12-,16-15-,19-18-. The fraction of sp³-hybridized carbons (Fsp3) is 0.816. The second kappa shape index (κ2) is 32.0. The van der Waals surface area contributed by atoms with Crippen molar-refractivity contribution in [2.45, 2.75) is 148 Å². The van der Waals surface area contributed by atoms with E-state index in [-0.39, 0.29) is 19.8 Å². The van der Waals surface area contributed by atoms with E-state index in [1.807, 2.05) is 21.1 Å². The van der Waals surface area contributed by atoms with Crippen LogP contribution in [0.4, 0.5) is 0 Å². The molecule has 0 rings (SSSR count). The van der Waals surface area contributed by atoms with Crippen molar-refractivity contribution >= 4 is 13.8 Å². The Labute approximate surface area is 289 Å². The van der Waals surface area contributed by atoms with Gasteiger partial charge < -0.3 is 18.9 Å². The van der Waals surface area contributed by atoms with Crippen molar-refractivity contribution in [3.8, 4) is 0 Å². The molecule has 2 unspecified atom stereocenters. The minimum atomic E-state index is -4.22. The van der Waals surface area contributed by atoms with Gasteiger partial charge in [-0.25, -0.2) is 4.57 Å². The summed E-state index contributed by atoms with van der Waals surface area (Å²) in [4.78, 5) is 21.3. The molecule has 0 aromatic heterocycles. The molecule has 0 spiro atoms. The lowest BCUT2D eigenvalue weighted by molar-refractivity contribution is -0.870. The highest BCUT2D eigenvalue weighted by Gasteiger charge is 2.25. The number of likely N-dealkylation sites (N-methyl/N-ethyl adjacent to an activating group) is 1. The molecule has 2 atom stereocenters. The van der Waals surface area contributed by atoms with Gasteiger partial charge in [-0.15, -0.1) is 0 Å². The first kappa shape index (κ1) is 45.7. The molecule has 276 valence electrons. The number of carbonyl (C=O) groups excluding carboxylic acids is 1. The van der Waals surface area contributed by atoms with Gasteiger partial charge in [0.1, 0.15) is 19.3 Å². The second-order valence-electron chi connectivity index (χ2n) is 13.7. The molecule has 0 saturated carbocycles. The summed E-state index contributed by atoms with van der Waals surface area (Å²) in [5.74, 6) is -0.491. The highest BCUT2D eigenvalue weighted by molar-refractivity contribution is 7.47. The number of unbranched alkanes of at least 4 members (excludes halogenated alkanes) is 16. The minimum Gasteiger partial charge on any atom is -0.458 e. The number of phosphoric acid groups is 1. The number of quaternary nitrogens is 1. The Morgan fingerprint density at radius 1 is 0.660 bits per heavy atom.